The summed E-state index contributed by atoms with van der Waals surface area (Å²) in [6, 6.07) is -0.405. The summed E-state index contributed by atoms with van der Waals surface area (Å²) in [4.78, 5) is 11.6. The van der Waals surface area contributed by atoms with Gasteiger partial charge >= 0.3 is 0 Å². The van der Waals surface area contributed by atoms with Crippen molar-refractivity contribution in [3.8, 4) is 0 Å². The molecule has 2 rings (SSSR count). The summed E-state index contributed by atoms with van der Waals surface area (Å²) in [5.74, 6) is -12.1. The van der Waals surface area contributed by atoms with Crippen molar-refractivity contribution in [3.05, 3.63) is 34.6 Å². The van der Waals surface area contributed by atoms with Crippen molar-refractivity contribution >= 4 is 21.8 Å². The van der Waals surface area contributed by atoms with Crippen LogP contribution in [0.1, 0.15) is 29.6 Å². The number of hydrogen-bond donors (Lipinski definition) is 1. The fourth-order valence-corrected chi connectivity index (χ4v) is 2.84. The highest BCUT2D eigenvalue weighted by Gasteiger charge is 2.32. The molecule has 8 heteroatoms. The van der Waals surface area contributed by atoms with Gasteiger partial charge in [0.05, 0.1) is 0 Å². The van der Waals surface area contributed by atoms with Gasteiger partial charge in [-0.15, -0.1) is 0 Å². The normalized spacial score (nSPS) is 22.1. The first-order valence-electron chi connectivity index (χ1n) is 5.81. The van der Waals surface area contributed by atoms with E-state index in [0.717, 1.165) is 12.8 Å². The Morgan fingerprint density at radius 3 is 1.90 bits per heavy atom. The molecule has 0 aliphatic heterocycles. The largest absolute Gasteiger partial charge is 0.348 e. The van der Waals surface area contributed by atoms with Crippen molar-refractivity contribution < 1.29 is 26.7 Å². The van der Waals surface area contributed by atoms with Crippen molar-refractivity contribution in [1.82, 2.24) is 5.32 Å². The number of hydrogen-bond acceptors (Lipinski definition) is 1. The fraction of sp³-hybridized carbons (Fsp3) is 0.417. The second kappa shape index (κ2) is 5.67. The zero-order valence-corrected chi connectivity index (χ0v) is 11.5. The third-order valence-corrected chi connectivity index (χ3v) is 4.28. The van der Waals surface area contributed by atoms with Gasteiger partial charge in [0.1, 0.15) is 5.56 Å². The van der Waals surface area contributed by atoms with Crippen molar-refractivity contribution in [1.29, 1.82) is 0 Å². The Hall–Kier alpha value is -1.18. The molecule has 0 radical (unpaired) electrons. The minimum atomic E-state index is -2.28. The highest BCUT2D eigenvalue weighted by Crippen LogP contribution is 2.27. The predicted molar refractivity (Wildman–Crippen MR) is 64.1 cm³/mol. The third-order valence-electron chi connectivity index (χ3n) is 3.18. The molecule has 1 aromatic carbocycles. The van der Waals surface area contributed by atoms with E-state index in [4.69, 9.17) is 0 Å². The van der Waals surface area contributed by atoms with Crippen molar-refractivity contribution in [2.75, 3.05) is 0 Å². The molecular weight excluding hydrogens is 349 g/mol. The molecule has 0 bridgehead atoms. The van der Waals surface area contributed by atoms with Crippen LogP contribution in [0, 0.1) is 29.1 Å². The molecule has 1 amide bonds. The van der Waals surface area contributed by atoms with Crippen LogP contribution in [0.25, 0.3) is 0 Å². The van der Waals surface area contributed by atoms with E-state index in [1.807, 2.05) is 0 Å². The van der Waals surface area contributed by atoms with Crippen molar-refractivity contribution in [2.24, 2.45) is 0 Å². The van der Waals surface area contributed by atoms with Gasteiger partial charge in [-0.3, -0.25) is 4.79 Å². The lowest BCUT2D eigenvalue weighted by Crippen LogP contribution is -2.38. The first-order valence-corrected chi connectivity index (χ1v) is 6.72. The first kappa shape index (κ1) is 15.2. The summed E-state index contributed by atoms with van der Waals surface area (Å²) in [5, 5.41) is 2.28. The van der Waals surface area contributed by atoms with Crippen LogP contribution in [0.2, 0.25) is 0 Å². The lowest BCUT2D eigenvalue weighted by molar-refractivity contribution is 0.0927. The van der Waals surface area contributed by atoms with Crippen LogP contribution < -0.4 is 5.32 Å². The number of nitrogens with one attached hydrogen (secondary N) is 1. The van der Waals surface area contributed by atoms with Crippen LogP contribution in [-0.4, -0.2) is 16.8 Å². The van der Waals surface area contributed by atoms with E-state index in [0.29, 0.717) is 6.42 Å². The second-order valence-electron chi connectivity index (χ2n) is 4.47. The van der Waals surface area contributed by atoms with Gasteiger partial charge in [-0.1, -0.05) is 22.4 Å². The van der Waals surface area contributed by atoms with E-state index in [1.54, 1.807) is 0 Å². The molecule has 2 atom stereocenters. The Morgan fingerprint density at radius 2 is 1.45 bits per heavy atom. The molecule has 1 saturated carbocycles. The van der Waals surface area contributed by atoms with Gasteiger partial charge < -0.3 is 5.32 Å². The molecule has 1 fully saturated rings. The molecule has 20 heavy (non-hydrogen) atoms. The molecule has 2 unspecified atom stereocenters. The van der Waals surface area contributed by atoms with Crippen molar-refractivity contribution in [2.45, 2.75) is 30.1 Å². The molecule has 0 spiro atoms. The van der Waals surface area contributed by atoms with Gasteiger partial charge in [0.2, 0.25) is 5.82 Å². The Balaban J connectivity index is 2.35. The summed E-state index contributed by atoms with van der Waals surface area (Å²) >= 11 is 3.27. The summed E-state index contributed by atoms with van der Waals surface area (Å²) in [6.07, 6.45) is 2.11. The zero-order valence-electron chi connectivity index (χ0n) is 9.95. The van der Waals surface area contributed by atoms with Gasteiger partial charge in [-0.25, -0.2) is 22.0 Å². The summed E-state index contributed by atoms with van der Waals surface area (Å²) in [7, 11) is 0. The molecule has 2 nitrogen and oxygen atoms in total. The lowest BCUT2D eigenvalue weighted by atomic mass is 10.1. The SMILES string of the molecule is O=C(NC1CCCC1Br)c1c(F)c(F)c(F)c(F)c1F. The Bertz CT molecular complexity index is 536. The van der Waals surface area contributed by atoms with Gasteiger partial charge in [0.15, 0.2) is 23.3 Å². The highest BCUT2D eigenvalue weighted by molar-refractivity contribution is 9.09. The fourth-order valence-electron chi connectivity index (χ4n) is 2.12. The lowest BCUT2D eigenvalue weighted by Gasteiger charge is -2.17. The summed E-state index contributed by atoms with van der Waals surface area (Å²) in [5.41, 5.74) is -1.45. The quantitative estimate of drug-likeness (QED) is 0.373. The minimum absolute atomic E-state index is 0.0901. The smallest absolute Gasteiger partial charge is 0.257 e. The Labute approximate surface area is 119 Å². The Morgan fingerprint density at radius 1 is 0.950 bits per heavy atom. The number of carbonyl (C=O) groups is 1. The number of halogens is 6. The van der Waals surface area contributed by atoms with Gasteiger partial charge in [-0.2, -0.15) is 0 Å². The number of rotatable bonds is 2. The van der Waals surface area contributed by atoms with Crippen LogP contribution in [0.15, 0.2) is 0 Å². The predicted octanol–water partition coefficient (Wildman–Crippen LogP) is 3.43. The molecular formula is C12H9BrF5NO. The zero-order chi connectivity index (χ0) is 15.0. The first-order chi connectivity index (χ1) is 9.34. The number of amides is 1. The monoisotopic (exact) mass is 357 g/mol. The van der Waals surface area contributed by atoms with Crippen LogP contribution in [0.4, 0.5) is 22.0 Å². The van der Waals surface area contributed by atoms with E-state index in [1.165, 1.54) is 0 Å². The number of alkyl halides is 1. The number of benzene rings is 1. The maximum Gasteiger partial charge on any atom is 0.257 e. The highest BCUT2D eigenvalue weighted by atomic mass is 79.9. The van der Waals surface area contributed by atoms with Crippen LogP contribution in [0.5, 0.6) is 0 Å². The van der Waals surface area contributed by atoms with Crippen LogP contribution in [-0.2, 0) is 0 Å². The molecule has 1 aromatic rings. The summed E-state index contributed by atoms with van der Waals surface area (Å²) < 4.78 is 65.7. The number of carbonyl (C=O) groups excluding carboxylic acids is 1. The average molecular weight is 358 g/mol. The van der Waals surface area contributed by atoms with E-state index in [2.05, 4.69) is 21.2 Å². The van der Waals surface area contributed by atoms with Crippen LogP contribution >= 0.6 is 15.9 Å². The second-order valence-corrected chi connectivity index (χ2v) is 5.65. The van der Waals surface area contributed by atoms with E-state index in [-0.39, 0.29) is 4.83 Å². The summed E-state index contributed by atoms with van der Waals surface area (Å²) in [6.45, 7) is 0. The third kappa shape index (κ3) is 2.53. The molecule has 0 aromatic heterocycles. The van der Waals surface area contributed by atoms with Crippen molar-refractivity contribution in [3.63, 3.8) is 0 Å². The Kier molecular flexibility index (Phi) is 4.31. The molecule has 0 saturated heterocycles. The van der Waals surface area contributed by atoms with E-state index < -0.39 is 46.6 Å². The van der Waals surface area contributed by atoms with E-state index in [9.17, 15) is 26.7 Å². The molecule has 1 N–H and O–H groups in total. The van der Waals surface area contributed by atoms with Gasteiger partial charge in [0, 0.05) is 10.9 Å². The van der Waals surface area contributed by atoms with Gasteiger partial charge in [-0.05, 0) is 12.8 Å². The minimum Gasteiger partial charge on any atom is -0.348 e. The average Bonchev–Trinajstić information content (AvgIpc) is 2.80. The van der Waals surface area contributed by atoms with Crippen LogP contribution in [0.3, 0.4) is 0 Å². The van der Waals surface area contributed by atoms with E-state index >= 15 is 0 Å². The standard InChI is InChI=1S/C12H9BrF5NO/c13-4-2-1-3-5(4)19-12(20)6-7(14)9(16)11(18)10(17)8(6)15/h4-5H,1-3H2,(H,19,20). The molecule has 110 valence electrons. The maximum absolute atomic E-state index is 13.4. The maximum atomic E-state index is 13.4. The molecule has 1 aliphatic carbocycles. The molecule has 0 heterocycles. The van der Waals surface area contributed by atoms with Gasteiger partial charge in [0.25, 0.3) is 5.91 Å². The topological polar surface area (TPSA) is 29.1 Å². The molecule has 1 aliphatic rings.